The summed E-state index contributed by atoms with van der Waals surface area (Å²) >= 11 is 0. The molecule has 0 fully saturated rings. The lowest BCUT2D eigenvalue weighted by atomic mass is 10.1. The molecular weight excluding hydrogens is 432 g/mol. The van der Waals surface area contributed by atoms with E-state index in [1.807, 2.05) is 48.5 Å². The predicted molar refractivity (Wildman–Crippen MR) is 124 cm³/mol. The van der Waals surface area contributed by atoms with Crippen molar-refractivity contribution in [2.24, 2.45) is 0 Å². The molecule has 5 rings (SSSR count). The second-order valence-electron chi connectivity index (χ2n) is 7.93. The molecule has 0 spiro atoms. The van der Waals surface area contributed by atoms with Crippen molar-refractivity contribution in [3.05, 3.63) is 119 Å². The van der Waals surface area contributed by atoms with Gasteiger partial charge in [0.15, 0.2) is 6.10 Å². The van der Waals surface area contributed by atoms with Crippen LogP contribution in [0.5, 0.6) is 11.5 Å². The van der Waals surface area contributed by atoms with Crippen LogP contribution >= 0.6 is 0 Å². The lowest BCUT2D eigenvalue weighted by molar-refractivity contribution is 0.0383. The van der Waals surface area contributed by atoms with Crippen molar-refractivity contribution in [2.75, 3.05) is 0 Å². The molecule has 0 saturated carbocycles. The Bertz CT molecular complexity index is 1340. The average molecular weight is 452 g/mol. The van der Waals surface area contributed by atoms with Crippen molar-refractivity contribution in [3.63, 3.8) is 0 Å². The van der Waals surface area contributed by atoms with E-state index in [2.05, 4.69) is 0 Å². The minimum atomic E-state index is -0.768. The smallest absolute Gasteiger partial charge is 0.342 e. The summed E-state index contributed by atoms with van der Waals surface area (Å²) in [6.45, 7) is -0.0629. The summed E-state index contributed by atoms with van der Waals surface area (Å²) in [5, 5.41) is 19.3. The summed E-state index contributed by atoms with van der Waals surface area (Å²) in [5.74, 6) is -1.66. The molecule has 34 heavy (non-hydrogen) atoms. The number of carbonyl (C=O) groups is 2. The molecule has 0 aliphatic heterocycles. The third-order valence-corrected chi connectivity index (χ3v) is 5.76. The molecule has 0 heterocycles. The van der Waals surface area contributed by atoms with Gasteiger partial charge in [-0.15, -0.1) is 0 Å². The Hall–Kier alpha value is -4.58. The second-order valence-corrected chi connectivity index (χ2v) is 7.93. The van der Waals surface area contributed by atoms with Gasteiger partial charge in [-0.3, -0.25) is 0 Å². The molecule has 4 aromatic carbocycles. The SMILES string of the molecule is O=C(OC1c2ccccc2-c2ccccc21)c1ccc(COC(=O)c2cc(O)ccc2O)cc1. The number of phenols is 2. The Balaban J connectivity index is 1.27. The summed E-state index contributed by atoms with van der Waals surface area (Å²) in [6.07, 6.45) is -0.476. The zero-order valence-electron chi connectivity index (χ0n) is 18.0. The zero-order valence-corrected chi connectivity index (χ0v) is 18.0. The predicted octanol–water partition coefficient (Wildman–Crippen LogP) is 5.38. The number of benzene rings is 4. The van der Waals surface area contributed by atoms with Gasteiger partial charge < -0.3 is 19.7 Å². The fourth-order valence-electron chi connectivity index (χ4n) is 4.06. The summed E-state index contributed by atoms with van der Waals surface area (Å²) in [5.41, 5.74) is 4.93. The molecule has 2 N–H and O–H groups in total. The van der Waals surface area contributed by atoms with Crippen molar-refractivity contribution < 1.29 is 29.3 Å². The highest BCUT2D eigenvalue weighted by Crippen LogP contribution is 2.45. The van der Waals surface area contributed by atoms with E-state index in [1.165, 1.54) is 12.1 Å². The van der Waals surface area contributed by atoms with E-state index in [1.54, 1.807) is 24.3 Å². The lowest BCUT2D eigenvalue weighted by Crippen LogP contribution is -2.11. The highest BCUT2D eigenvalue weighted by molar-refractivity contribution is 5.93. The maximum atomic E-state index is 12.9. The summed E-state index contributed by atoms with van der Waals surface area (Å²) in [4.78, 5) is 25.1. The van der Waals surface area contributed by atoms with Gasteiger partial charge in [-0.25, -0.2) is 9.59 Å². The van der Waals surface area contributed by atoms with Crippen LogP contribution in [0.4, 0.5) is 0 Å². The molecule has 6 heteroatoms. The van der Waals surface area contributed by atoms with Crippen LogP contribution in [0.1, 0.15) is 43.5 Å². The Morgan fingerprint density at radius 2 is 1.35 bits per heavy atom. The number of hydrogen-bond donors (Lipinski definition) is 2. The van der Waals surface area contributed by atoms with Gasteiger partial charge in [-0.1, -0.05) is 60.7 Å². The van der Waals surface area contributed by atoms with E-state index < -0.39 is 18.0 Å². The quantitative estimate of drug-likeness (QED) is 0.312. The van der Waals surface area contributed by atoms with E-state index in [9.17, 15) is 19.8 Å². The molecule has 4 aromatic rings. The first-order valence-corrected chi connectivity index (χ1v) is 10.7. The topological polar surface area (TPSA) is 93.1 Å². The van der Waals surface area contributed by atoms with Gasteiger partial charge >= 0.3 is 11.9 Å². The van der Waals surface area contributed by atoms with Gasteiger partial charge in [-0.05, 0) is 47.0 Å². The van der Waals surface area contributed by atoms with E-state index >= 15 is 0 Å². The van der Waals surface area contributed by atoms with Crippen LogP contribution in [0.3, 0.4) is 0 Å². The van der Waals surface area contributed by atoms with Crippen molar-refractivity contribution >= 4 is 11.9 Å². The number of aromatic hydroxyl groups is 2. The minimum absolute atomic E-state index is 0.0629. The van der Waals surface area contributed by atoms with E-state index in [0.717, 1.165) is 28.3 Å². The average Bonchev–Trinajstić information content (AvgIpc) is 3.18. The lowest BCUT2D eigenvalue weighted by Gasteiger charge is -2.15. The first-order valence-electron chi connectivity index (χ1n) is 10.7. The molecule has 0 aromatic heterocycles. The minimum Gasteiger partial charge on any atom is -0.508 e. The third-order valence-electron chi connectivity index (χ3n) is 5.76. The van der Waals surface area contributed by atoms with Crippen LogP contribution < -0.4 is 0 Å². The Labute approximate surface area is 195 Å². The Morgan fingerprint density at radius 1 is 0.735 bits per heavy atom. The molecule has 0 radical (unpaired) electrons. The highest BCUT2D eigenvalue weighted by atomic mass is 16.5. The summed E-state index contributed by atoms with van der Waals surface area (Å²) in [7, 11) is 0. The largest absolute Gasteiger partial charge is 0.508 e. The van der Waals surface area contributed by atoms with Crippen molar-refractivity contribution in [1.29, 1.82) is 0 Å². The number of rotatable bonds is 5. The van der Waals surface area contributed by atoms with Gasteiger partial charge in [0.2, 0.25) is 0 Å². The molecular formula is C28H20O6. The fourth-order valence-corrected chi connectivity index (χ4v) is 4.06. The number of phenolic OH excluding ortho intramolecular Hbond substituents is 2. The Kier molecular flexibility index (Phi) is 5.47. The first kappa shape index (κ1) is 21.3. The van der Waals surface area contributed by atoms with Gasteiger partial charge in [0.05, 0.1) is 5.56 Å². The second kappa shape index (κ2) is 8.75. The van der Waals surface area contributed by atoms with Crippen LogP contribution in [0.2, 0.25) is 0 Å². The third kappa shape index (κ3) is 3.97. The highest BCUT2D eigenvalue weighted by Gasteiger charge is 2.31. The molecule has 6 nitrogen and oxygen atoms in total. The van der Waals surface area contributed by atoms with E-state index in [4.69, 9.17) is 9.47 Å². The zero-order chi connectivity index (χ0) is 23.7. The molecule has 0 atom stereocenters. The molecule has 0 saturated heterocycles. The maximum absolute atomic E-state index is 12.9. The van der Waals surface area contributed by atoms with Crippen molar-refractivity contribution in [1.82, 2.24) is 0 Å². The normalized spacial score (nSPS) is 12.0. The van der Waals surface area contributed by atoms with Crippen LogP contribution in [0.15, 0.2) is 91.0 Å². The Morgan fingerprint density at radius 3 is 2.00 bits per heavy atom. The van der Waals surface area contributed by atoms with Crippen LogP contribution in [-0.2, 0) is 16.1 Å². The molecule has 0 bridgehead atoms. The number of hydrogen-bond acceptors (Lipinski definition) is 6. The number of carbonyl (C=O) groups excluding carboxylic acids is 2. The van der Waals surface area contributed by atoms with Gasteiger partial charge in [0.1, 0.15) is 23.7 Å². The van der Waals surface area contributed by atoms with Crippen molar-refractivity contribution in [2.45, 2.75) is 12.7 Å². The van der Waals surface area contributed by atoms with Gasteiger partial charge in [-0.2, -0.15) is 0 Å². The maximum Gasteiger partial charge on any atom is 0.342 e. The number of fused-ring (bicyclic) bond motifs is 3. The monoisotopic (exact) mass is 452 g/mol. The molecule has 168 valence electrons. The van der Waals surface area contributed by atoms with E-state index in [-0.39, 0.29) is 23.7 Å². The molecule has 0 amide bonds. The van der Waals surface area contributed by atoms with Crippen LogP contribution in [0.25, 0.3) is 11.1 Å². The summed E-state index contributed by atoms with van der Waals surface area (Å²) in [6, 6.07) is 26.0. The van der Waals surface area contributed by atoms with Gasteiger partial charge in [0, 0.05) is 11.1 Å². The number of ether oxygens (including phenoxy) is 2. The molecule has 1 aliphatic carbocycles. The number of esters is 2. The molecule has 1 aliphatic rings. The van der Waals surface area contributed by atoms with Crippen LogP contribution in [-0.4, -0.2) is 22.2 Å². The first-order chi connectivity index (χ1) is 16.5. The molecule has 0 unspecified atom stereocenters. The van der Waals surface area contributed by atoms with Crippen LogP contribution in [0, 0.1) is 0 Å². The fraction of sp³-hybridized carbons (Fsp3) is 0.0714. The van der Waals surface area contributed by atoms with Crippen molar-refractivity contribution in [3.8, 4) is 22.6 Å². The van der Waals surface area contributed by atoms with E-state index in [0.29, 0.717) is 11.1 Å². The summed E-state index contributed by atoms with van der Waals surface area (Å²) < 4.78 is 11.1. The van der Waals surface area contributed by atoms with Gasteiger partial charge in [0.25, 0.3) is 0 Å². The standard InChI is InChI=1S/C28H20O6/c29-19-13-14-25(30)24(15-19)28(32)33-16-17-9-11-18(12-10-17)27(31)34-26-22-7-3-1-5-20(22)21-6-2-4-8-23(21)26/h1-15,26,29-30H,16H2.